The molecule has 0 N–H and O–H groups in total. The molecule has 2 amide bonds. The van der Waals surface area contributed by atoms with Crippen LogP contribution in [0, 0.1) is 11.3 Å². The van der Waals surface area contributed by atoms with Gasteiger partial charge in [-0.25, -0.2) is 0 Å². The Balaban J connectivity index is 1.56. The minimum Gasteiger partial charge on any atom is -0.451 e. The lowest BCUT2D eigenvalue weighted by atomic mass is 9.94. The Morgan fingerprint density at radius 3 is 2.46 bits per heavy atom. The first-order valence-electron chi connectivity index (χ1n) is 11.8. The number of aromatic nitrogens is 2. The van der Waals surface area contributed by atoms with E-state index in [0.29, 0.717) is 34.1 Å². The van der Waals surface area contributed by atoms with Gasteiger partial charge in [-0.15, -0.1) is 0 Å². The predicted molar refractivity (Wildman–Crippen MR) is 137 cm³/mol. The summed E-state index contributed by atoms with van der Waals surface area (Å²) in [5.41, 5.74) is 3.78. The average molecular weight is 489 g/mol. The van der Waals surface area contributed by atoms with Crippen LogP contribution in [0.4, 0.5) is 0 Å². The Hall–Kier alpha value is -5.16. The van der Waals surface area contributed by atoms with E-state index in [1.165, 1.54) is 0 Å². The number of amides is 2. The summed E-state index contributed by atoms with van der Waals surface area (Å²) < 4.78 is 13.9. The Morgan fingerprint density at radius 1 is 0.973 bits per heavy atom. The molecule has 0 bridgehead atoms. The van der Waals surface area contributed by atoms with Gasteiger partial charge in [0.15, 0.2) is 17.0 Å². The number of oxazole rings is 1. The monoisotopic (exact) mass is 488 g/mol. The van der Waals surface area contributed by atoms with Gasteiger partial charge in [-0.1, -0.05) is 36.4 Å². The maximum Gasteiger partial charge on any atom is 0.271 e. The minimum atomic E-state index is -0.575. The minimum absolute atomic E-state index is 0.0421. The summed E-state index contributed by atoms with van der Waals surface area (Å²) in [5, 5.41) is 10.5. The van der Waals surface area contributed by atoms with Gasteiger partial charge in [-0.2, -0.15) is 10.2 Å². The van der Waals surface area contributed by atoms with Gasteiger partial charge in [0, 0.05) is 29.3 Å². The van der Waals surface area contributed by atoms with Crippen LogP contribution in [-0.2, 0) is 9.59 Å². The first kappa shape index (κ1) is 22.3. The molecular weight excluding hydrogens is 468 g/mol. The number of furan rings is 1. The second-order valence-corrected chi connectivity index (χ2v) is 8.62. The molecule has 6 rings (SSSR count). The Labute approximate surface area is 211 Å². The van der Waals surface area contributed by atoms with Crippen molar-refractivity contribution in [2.75, 3.05) is 6.54 Å². The number of hydrogen-bond acceptors (Lipinski definition) is 6. The van der Waals surface area contributed by atoms with Gasteiger partial charge in [0.05, 0.1) is 5.69 Å². The van der Waals surface area contributed by atoms with Gasteiger partial charge < -0.3 is 8.83 Å². The normalized spacial score (nSPS) is 15.4. The first-order valence-corrected chi connectivity index (χ1v) is 11.8. The van der Waals surface area contributed by atoms with Gasteiger partial charge in [-0.05, 0) is 49.8 Å². The molecule has 2 aromatic carbocycles. The van der Waals surface area contributed by atoms with E-state index < -0.39 is 11.8 Å². The zero-order chi connectivity index (χ0) is 25.7. The van der Waals surface area contributed by atoms with E-state index >= 15 is 0 Å². The van der Waals surface area contributed by atoms with Gasteiger partial charge >= 0.3 is 0 Å². The standard InChI is InChI=1S/C29H20N4O4/c1-3-32-28(34)21(17(2)22(16-30)29(32)35)14-20-15-24-26(33(20)19-10-5-4-6-11-19)31-27(37-24)25-13-18-9-7-8-12-23(18)36-25/h4-15H,3H2,1-2H3/b21-14-. The number of hydrogen-bond donors (Lipinski definition) is 0. The Kier molecular flexibility index (Phi) is 5.13. The van der Waals surface area contributed by atoms with Crippen molar-refractivity contribution < 1.29 is 18.4 Å². The van der Waals surface area contributed by atoms with E-state index in [1.807, 2.05) is 71.3 Å². The topological polar surface area (TPSA) is 105 Å². The van der Waals surface area contributed by atoms with Crippen LogP contribution in [0.15, 0.2) is 92.3 Å². The largest absolute Gasteiger partial charge is 0.451 e. The number of nitrogens with zero attached hydrogens (tertiary/aromatic N) is 4. The molecule has 0 atom stereocenters. The lowest BCUT2D eigenvalue weighted by Crippen LogP contribution is -2.42. The Bertz CT molecular complexity index is 1790. The fraction of sp³-hybridized carbons (Fsp3) is 0.103. The maximum absolute atomic E-state index is 13.2. The smallest absolute Gasteiger partial charge is 0.271 e. The number of nitriles is 1. The molecule has 0 aliphatic carbocycles. The molecular formula is C29H20N4O4. The molecule has 180 valence electrons. The van der Waals surface area contributed by atoms with Gasteiger partial charge in [0.1, 0.15) is 17.2 Å². The third-order valence-electron chi connectivity index (χ3n) is 6.47. The van der Waals surface area contributed by atoms with Crippen molar-refractivity contribution in [1.82, 2.24) is 14.5 Å². The summed E-state index contributed by atoms with van der Waals surface area (Å²) in [6.45, 7) is 3.48. The molecule has 1 aliphatic rings. The van der Waals surface area contributed by atoms with Crippen LogP contribution in [0.2, 0.25) is 0 Å². The van der Waals surface area contributed by atoms with Crippen LogP contribution in [0.5, 0.6) is 0 Å². The number of rotatable bonds is 4. The summed E-state index contributed by atoms with van der Waals surface area (Å²) in [5.74, 6) is -0.176. The molecule has 8 heteroatoms. The van der Waals surface area contributed by atoms with E-state index in [2.05, 4.69) is 0 Å². The zero-order valence-electron chi connectivity index (χ0n) is 20.1. The summed E-state index contributed by atoms with van der Waals surface area (Å²) in [7, 11) is 0. The number of benzene rings is 2. The average Bonchev–Trinajstić information content (AvgIpc) is 3.60. The summed E-state index contributed by atoms with van der Waals surface area (Å²) in [6.07, 6.45) is 1.68. The first-order chi connectivity index (χ1) is 18.0. The molecule has 0 fully saturated rings. The quantitative estimate of drug-likeness (QED) is 0.239. The third kappa shape index (κ3) is 3.48. The summed E-state index contributed by atoms with van der Waals surface area (Å²) in [4.78, 5) is 31.6. The number of carbonyl (C=O) groups excluding carboxylic acids is 2. The van der Waals surface area contributed by atoms with E-state index in [4.69, 9.17) is 13.8 Å². The van der Waals surface area contributed by atoms with Crippen molar-refractivity contribution in [2.24, 2.45) is 0 Å². The molecule has 4 heterocycles. The second-order valence-electron chi connectivity index (χ2n) is 8.62. The summed E-state index contributed by atoms with van der Waals surface area (Å²) in [6, 6.07) is 22.9. The van der Waals surface area contributed by atoms with Crippen molar-refractivity contribution in [3.05, 3.63) is 89.1 Å². The fourth-order valence-corrected chi connectivity index (χ4v) is 4.61. The van der Waals surface area contributed by atoms with E-state index in [-0.39, 0.29) is 17.7 Å². The molecule has 0 radical (unpaired) electrons. The lowest BCUT2D eigenvalue weighted by Gasteiger charge is -2.26. The SMILES string of the molecule is CCN1C(=O)C(C#N)=C(C)/C(=C/c2cc3oc(-c4cc5ccccc5o4)nc3n2-c2ccccc2)C1=O. The third-order valence-corrected chi connectivity index (χ3v) is 6.47. The maximum atomic E-state index is 13.2. The number of likely N-dealkylation sites (N-methyl/N-ethyl adjacent to an activating group) is 1. The molecule has 5 aromatic rings. The van der Waals surface area contributed by atoms with Crippen LogP contribution in [-0.4, -0.2) is 32.8 Å². The number of fused-ring (bicyclic) bond motifs is 2. The molecule has 3 aromatic heterocycles. The molecule has 0 saturated heterocycles. The van der Waals surface area contributed by atoms with E-state index in [1.54, 1.807) is 26.0 Å². The molecule has 0 saturated carbocycles. The molecule has 1 aliphatic heterocycles. The van der Waals surface area contributed by atoms with Gasteiger partial charge in [-0.3, -0.25) is 19.1 Å². The van der Waals surface area contributed by atoms with Crippen molar-refractivity contribution in [1.29, 1.82) is 5.26 Å². The van der Waals surface area contributed by atoms with Crippen molar-refractivity contribution in [3.8, 4) is 23.4 Å². The fourth-order valence-electron chi connectivity index (χ4n) is 4.61. The lowest BCUT2D eigenvalue weighted by molar-refractivity contribution is -0.140. The van der Waals surface area contributed by atoms with Crippen molar-refractivity contribution in [2.45, 2.75) is 13.8 Å². The van der Waals surface area contributed by atoms with Crippen LogP contribution in [0.1, 0.15) is 19.5 Å². The highest BCUT2D eigenvalue weighted by Crippen LogP contribution is 2.34. The second kappa shape index (κ2) is 8.50. The number of para-hydroxylation sites is 2. The zero-order valence-corrected chi connectivity index (χ0v) is 20.1. The van der Waals surface area contributed by atoms with Crippen LogP contribution in [0.25, 0.3) is 45.6 Å². The molecule has 0 spiro atoms. The number of carbonyl (C=O) groups is 2. The van der Waals surface area contributed by atoms with Gasteiger partial charge in [0.2, 0.25) is 0 Å². The molecule has 8 nitrogen and oxygen atoms in total. The molecule has 37 heavy (non-hydrogen) atoms. The highest BCUT2D eigenvalue weighted by atomic mass is 16.4. The van der Waals surface area contributed by atoms with Crippen molar-refractivity contribution >= 4 is 40.1 Å². The predicted octanol–water partition coefficient (Wildman–Crippen LogP) is 5.64. The number of imide groups is 1. The highest BCUT2D eigenvalue weighted by molar-refractivity contribution is 6.19. The van der Waals surface area contributed by atoms with E-state index in [9.17, 15) is 14.9 Å². The van der Waals surface area contributed by atoms with Gasteiger partial charge in [0.25, 0.3) is 17.7 Å². The highest BCUT2D eigenvalue weighted by Gasteiger charge is 2.34. The van der Waals surface area contributed by atoms with Crippen LogP contribution >= 0.6 is 0 Å². The van der Waals surface area contributed by atoms with Crippen LogP contribution < -0.4 is 0 Å². The Morgan fingerprint density at radius 2 is 1.73 bits per heavy atom. The van der Waals surface area contributed by atoms with E-state index in [0.717, 1.165) is 21.6 Å². The van der Waals surface area contributed by atoms with Crippen molar-refractivity contribution in [3.63, 3.8) is 0 Å². The molecule has 0 unspecified atom stereocenters. The van der Waals surface area contributed by atoms with Crippen LogP contribution in [0.3, 0.4) is 0 Å². The summed E-state index contributed by atoms with van der Waals surface area (Å²) >= 11 is 0.